The molecule has 1 amide bonds. The lowest BCUT2D eigenvalue weighted by Crippen LogP contribution is -2.17. The summed E-state index contributed by atoms with van der Waals surface area (Å²) in [7, 11) is 0. The number of hydrogen-bond donors (Lipinski definition) is 2. The molecular formula is C13H16N2O5. The first-order chi connectivity index (χ1) is 9.35. The fourth-order valence-corrected chi connectivity index (χ4v) is 1.60. The smallest absolute Gasteiger partial charge is 0.337 e. The second-order valence-electron chi connectivity index (χ2n) is 4.56. The zero-order valence-electron chi connectivity index (χ0n) is 11.3. The zero-order valence-corrected chi connectivity index (χ0v) is 11.3. The quantitative estimate of drug-likeness (QED) is 0.615. The van der Waals surface area contributed by atoms with Crippen LogP contribution in [-0.2, 0) is 4.79 Å². The van der Waals surface area contributed by atoms with Crippen molar-refractivity contribution in [1.29, 1.82) is 0 Å². The fraction of sp³-hybridized carbons (Fsp3) is 0.385. The second-order valence-corrected chi connectivity index (χ2v) is 4.56. The Morgan fingerprint density at radius 3 is 2.60 bits per heavy atom. The first-order valence-corrected chi connectivity index (χ1v) is 6.16. The molecule has 1 atom stereocenters. The molecule has 2 N–H and O–H groups in total. The molecule has 0 bridgehead atoms. The largest absolute Gasteiger partial charge is 0.478 e. The number of nitro benzene ring substituents is 1. The van der Waals surface area contributed by atoms with E-state index in [-0.39, 0.29) is 35.2 Å². The Bertz CT molecular complexity index is 542. The van der Waals surface area contributed by atoms with Crippen molar-refractivity contribution in [3.8, 4) is 0 Å². The zero-order chi connectivity index (χ0) is 15.3. The Kier molecular flexibility index (Phi) is 5.19. The Morgan fingerprint density at radius 2 is 2.10 bits per heavy atom. The monoisotopic (exact) mass is 280 g/mol. The summed E-state index contributed by atoms with van der Waals surface area (Å²) in [6.07, 6.45) is 1.05. The molecule has 0 aliphatic heterocycles. The number of amides is 1. The van der Waals surface area contributed by atoms with Gasteiger partial charge in [-0.3, -0.25) is 14.9 Å². The molecule has 0 aliphatic rings. The van der Waals surface area contributed by atoms with Gasteiger partial charge in [-0.25, -0.2) is 4.79 Å². The van der Waals surface area contributed by atoms with E-state index in [4.69, 9.17) is 5.11 Å². The molecule has 1 rings (SSSR count). The van der Waals surface area contributed by atoms with Gasteiger partial charge in [0.1, 0.15) is 0 Å². The Balaban J connectivity index is 3.01. The van der Waals surface area contributed by atoms with Crippen molar-refractivity contribution in [3.05, 3.63) is 33.9 Å². The van der Waals surface area contributed by atoms with Crippen LogP contribution in [0.4, 0.5) is 11.4 Å². The number of nitrogens with zero attached hydrogens (tertiary/aromatic N) is 1. The first kappa shape index (κ1) is 15.6. The van der Waals surface area contributed by atoms with E-state index in [1.165, 1.54) is 0 Å². The molecular weight excluding hydrogens is 264 g/mol. The third-order valence-corrected chi connectivity index (χ3v) is 2.95. The lowest BCUT2D eigenvalue weighted by molar-refractivity contribution is -0.384. The molecule has 0 aliphatic carbocycles. The molecule has 0 spiro atoms. The minimum atomic E-state index is -1.25. The van der Waals surface area contributed by atoms with Crippen molar-refractivity contribution in [2.24, 2.45) is 5.92 Å². The molecule has 0 aromatic heterocycles. The molecule has 0 fully saturated rings. The van der Waals surface area contributed by atoms with Gasteiger partial charge in [0.25, 0.3) is 5.69 Å². The number of anilines is 1. The van der Waals surface area contributed by atoms with Crippen molar-refractivity contribution < 1.29 is 19.6 Å². The SMILES string of the molecule is CCC(C)CC(=O)Nc1cc([N+](=O)[O-])ccc1C(=O)O. The van der Waals surface area contributed by atoms with Gasteiger partial charge in [-0.2, -0.15) is 0 Å². The van der Waals surface area contributed by atoms with Gasteiger partial charge in [-0.05, 0) is 12.0 Å². The highest BCUT2D eigenvalue weighted by Gasteiger charge is 2.17. The molecule has 20 heavy (non-hydrogen) atoms. The van der Waals surface area contributed by atoms with Gasteiger partial charge >= 0.3 is 5.97 Å². The predicted molar refractivity (Wildman–Crippen MR) is 72.8 cm³/mol. The van der Waals surface area contributed by atoms with E-state index >= 15 is 0 Å². The summed E-state index contributed by atoms with van der Waals surface area (Å²) >= 11 is 0. The molecule has 1 aromatic carbocycles. The number of carbonyl (C=O) groups excluding carboxylic acids is 1. The van der Waals surface area contributed by atoms with Gasteiger partial charge in [0.05, 0.1) is 16.2 Å². The molecule has 7 heteroatoms. The third-order valence-electron chi connectivity index (χ3n) is 2.95. The summed E-state index contributed by atoms with van der Waals surface area (Å²) < 4.78 is 0. The number of nitrogens with one attached hydrogen (secondary N) is 1. The van der Waals surface area contributed by atoms with Gasteiger partial charge in [-0.15, -0.1) is 0 Å². The minimum absolute atomic E-state index is 0.0556. The number of non-ortho nitro benzene ring substituents is 1. The van der Waals surface area contributed by atoms with Crippen LogP contribution in [-0.4, -0.2) is 21.9 Å². The van der Waals surface area contributed by atoms with E-state index in [0.717, 1.165) is 24.6 Å². The van der Waals surface area contributed by atoms with Crippen LogP contribution in [0.5, 0.6) is 0 Å². The highest BCUT2D eigenvalue weighted by molar-refractivity contribution is 6.01. The molecule has 1 unspecified atom stereocenters. The van der Waals surface area contributed by atoms with Crippen LogP contribution in [0.1, 0.15) is 37.0 Å². The minimum Gasteiger partial charge on any atom is -0.478 e. The van der Waals surface area contributed by atoms with E-state index < -0.39 is 10.9 Å². The molecule has 0 saturated heterocycles. The summed E-state index contributed by atoms with van der Waals surface area (Å²) in [6.45, 7) is 3.83. The average Bonchev–Trinajstić information content (AvgIpc) is 2.37. The Morgan fingerprint density at radius 1 is 1.45 bits per heavy atom. The Labute approximate surface area is 115 Å². The van der Waals surface area contributed by atoms with Crippen molar-refractivity contribution in [1.82, 2.24) is 0 Å². The van der Waals surface area contributed by atoms with E-state index in [1.54, 1.807) is 0 Å². The first-order valence-electron chi connectivity index (χ1n) is 6.16. The number of carbonyl (C=O) groups is 2. The maximum absolute atomic E-state index is 11.8. The normalized spacial score (nSPS) is 11.7. The van der Waals surface area contributed by atoms with Crippen molar-refractivity contribution >= 4 is 23.3 Å². The van der Waals surface area contributed by atoms with Gasteiger partial charge < -0.3 is 10.4 Å². The van der Waals surface area contributed by atoms with Gasteiger partial charge in [0.15, 0.2) is 0 Å². The van der Waals surface area contributed by atoms with E-state index in [1.807, 2.05) is 13.8 Å². The maximum Gasteiger partial charge on any atom is 0.337 e. The number of carboxylic acids is 1. The highest BCUT2D eigenvalue weighted by Crippen LogP contribution is 2.23. The third kappa shape index (κ3) is 4.04. The van der Waals surface area contributed by atoms with Crippen LogP contribution in [0.15, 0.2) is 18.2 Å². The molecule has 0 saturated carbocycles. The number of rotatable bonds is 6. The second kappa shape index (κ2) is 6.65. The van der Waals surface area contributed by atoms with Crippen molar-refractivity contribution in [2.75, 3.05) is 5.32 Å². The molecule has 108 valence electrons. The summed E-state index contributed by atoms with van der Waals surface area (Å²) in [6, 6.07) is 3.26. The highest BCUT2D eigenvalue weighted by atomic mass is 16.6. The maximum atomic E-state index is 11.8. The van der Waals surface area contributed by atoms with Gasteiger partial charge in [0.2, 0.25) is 5.91 Å². The van der Waals surface area contributed by atoms with Crippen molar-refractivity contribution in [2.45, 2.75) is 26.7 Å². The molecule has 0 radical (unpaired) electrons. The molecule has 7 nitrogen and oxygen atoms in total. The predicted octanol–water partition coefficient (Wildman–Crippen LogP) is 2.67. The fourth-order valence-electron chi connectivity index (χ4n) is 1.60. The number of benzene rings is 1. The number of aromatic carboxylic acids is 1. The lowest BCUT2D eigenvalue weighted by atomic mass is 10.0. The summed E-state index contributed by atoms with van der Waals surface area (Å²) in [5.41, 5.74) is -0.498. The topological polar surface area (TPSA) is 110 Å². The van der Waals surface area contributed by atoms with Crippen LogP contribution < -0.4 is 5.32 Å². The van der Waals surface area contributed by atoms with Crippen LogP contribution in [0, 0.1) is 16.0 Å². The lowest BCUT2D eigenvalue weighted by Gasteiger charge is -2.11. The Hall–Kier alpha value is -2.44. The van der Waals surface area contributed by atoms with E-state index in [2.05, 4.69) is 5.32 Å². The van der Waals surface area contributed by atoms with Crippen LogP contribution >= 0.6 is 0 Å². The van der Waals surface area contributed by atoms with Crippen molar-refractivity contribution in [3.63, 3.8) is 0 Å². The summed E-state index contributed by atoms with van der Waals surface area (Å²) in [5, 5.41) is 22.1. The number of nitro groups is 1. The van der Waals surface area contributed by atoms with Gasteiger partial charge in [-0.1, -0.05) is 20.3 Å². The van der Waals surface area contributed by atoms with E-state index in [0.29, 0.717) is 0 Å². The summed E-state index contributed by atoms with van der Waals surface area (Å²) in [5.74, 6) is -1.46. The van der Waals surface area contributed by atoms with Crippen LogP contribution in [0.3, 0.4) is 0 Å². The number of hydrogen-bond acceptors (Lipinski definition) is 4. The molecule has 1 aromatic rings. The summed E-state index contributed by atoms with van der Waals surface area (Å²) in [4.78, 5) is 32.9. The van der Waals surface area contributed by atoms with Crippen LogP contribution in [0.2, 0.25) is 0 Å². The number of carboxylic acid groups (broad SMARTS) is 1. The standard InChI is InChI=1S/C13H16N2O5/c1-3-8(2)6-12(16)14-11-7-9(15(19)20)4-5-10(11)13(17)18/h4-5,7-8H,3,6H2,1-2H3,(H,14,16)(H,17,18). The van der Waals surface area contributed by atoms with E-state index in [9.17, 15) is 19.7 Å². The van der Waals surface area contributed by atoms with Crippen LogP contribution in [0.25, 0.3) is 0 Å². The van der Waals surface area contributed by atoms with Gasteiger partial charge in [0, 0.05) is 18.6 Å². The average molecular weight is 280 g/mol. The molecule has 0 heterocycles.